The average molecular weight is 285 g/mol. The molecule has 1 N–H and O–H groups in total. The molecule has 0 spiro atoms. The van der Waals surface area contributed by atoms with E-state index in [1.54, 1.807) is 18.2 Å². The van der Waals surface area contributed by atoms with E-state index in [1.807, 2.05) is 30.3 Å². The minimum Gasteiger partial charge on any atom is -0.445 e. The fourth-order valence-electron chi connectivity index (χ4n) is 1.84. The van der Waals surface area contributed by atoms with Gasteiger partial charge in [-0.2, -0.15) is 0 Å². The highest BCUT2D eigenvalue weighted by Gasteiger charge is 2.12. The van der Waals surface area contributed by atoms with Crippen molar-refractivity contribution in [3.63, 3.8) is 0 Å². The molecule has 0 aliphatic rings. The van der Waals surface area contributed by atoms with Gasteiger partial charge < -0.3 is 10.1 Å². The first-order valence-electron chi connectivity index (χ1n) is 6.54. The first-order chi connectivity index (χ1) is 10.2. The summed E-state index contributed by atoms with van der Waals surface area (Å²) < 4.78 is 18.0. The molecule has 1 unspecified atom stereocenters. The molecule has 1 amide bonds. The molecule has 1 atom stereocenters. The smallest absolute Gasteiger partial charge is 0.408 e. The van der Waals surface area contributed by atoms with Crippen molar-refractivity contribution in [2.24, 2.45) is 0 Å². The standard InChI is InChI=1S/C17H16FNO2/c1-2-16(14-8-10-15(18)11-9-14)19-17(20)21-12-13-6-4-3-5-7-13/h2-11,16H,1,12H2,(H,19,20). The SMILES string of the molecule is C=CC(NC(=O)OCc1ccccc1)c1ccc(F)cc1. The van der Waals surface area contributed by atoms with Crippen LogP contribution in [0.2, 0.25) is 0 Å². The van der Waals surface area contributed by atoms with E-state index in [-0.39, 0.29) is 12.4 Å². The largest absolute Gasteiger partial charge is 0.445 e. The van der Waals surface area contributed by atoms with Crippen molar-refractivity contribution >= 4 is 6.09 Å². The highest BCUT2D eigenvalue weighted by Crippen LogP contribution is 2.15. The van der Waals surface area contributed by atoms with E-state index in [2.05, 4.69) is 11.9 Å². The number of benzene rings is 2. The van der Waals surface area contributed by atoms with Crippen LogP contribution in [-0.4, -0.2) is 6.09 Å². The molecule has 0 radical (unpaired) electrons. The lowest BCUT2D eigenvalue weighted by molar-refractivity contribution is 0.137. The predicted molar refractivity (Wildman–Crippen MR) is 79.1 cm³/mol. The van der Waals surface area contributed by atoms with Gasteiger partial charge in [-0.05, 0) is 23.3 Å². The van der Waals surface area contributed by atoms with Crippen LogP contribution in [0.5, 0.6) is 0 Å². The summed E-state index contributed by atoms with van der Waals surface area (Å²) in [6.45, 7) is 3.86. The van der Waals surface area contributed by atoms with Crippen molar-refractivity contribution in [3.05, 3.63) is 84.2 Å². The summed E-state index contributed by atoms with van der Waals surface area (Å²) in [4.78, 5) is 11.8. The van der Waals surface area contributed by atoms with E-state index in [4.69, 9.17) is 4.74 Å². The van der Waals surface area contributed by atoms with Crippen molar-refractivity contribution in [3.8, 4) is 0 Å². The van der Waals surface area contributed by atoms with E-state index < -0.39 is 12.1 Å². The van der Waals surface area contributed by atoms with E-state index in [9.17, 15) is 9.18 Å². The zero-order valence-electron chi connectivity index (χ0n) is 11.5. The molecule has 0 fully saturated rings. The number of amides is 1. The van der Waals surface area contributed by atoms with Gasteiger partial charge in [-0.15, -0.1) is 6.58 Å². The number of carbonyl (C=O) groups excluding carboxylic acids is 1. The van der Waals surface area contributed by atoms with E-state index in [0.29, 0.717) is 0 Å². The van der Waals surface area contributed by atoms with E-state index >= 15 is 0 Å². The molecule has 0 saturated heterocycles. The van der Waals surface area contributed by atoms with Crippen LogP contribution in [0, 0.1) is 5.82 Å². The lowest BCUT2D eigenvalue weighted by Crippen LogP contribution is -2.27. The van der Waals surface area contributed by atoms with Crippen LogP contribution < -0.4 is 5.32 Å². The third kappa shape index (κ3) is 4.45. The molecule has 2 aromatic rings. The van der Waals surface area contributed by atoms with Gasteiger partial charge in [0.15, 0.2) is 0 Å². The van der Waals surface area contributed by atoms with Crippen LogP contribution in [0.1, 0.15) is 17.2 Å². The molecule has 2 aromatic carbocycles. The number of hydrogen-bond donors (Lipinski definition) is 1. The van der Waals surface area contributed by atoms with E-state index in [0.717, 1.165) is 11.1 Å². The number of nitrogens with one attached hydrogen (secondary N) is 1. The third-order valence-corrected chi connectivity index (χ3v) is 2.95. The zero-order chi connectivity index (χ0) is 15.1. The minimum atomic E-state index is -0.548. The molecule has 21 heavy (non-hydrogen) atoms. The first kappa shape index (κ1) is 14.8. The maximum Gasteiger partial charge on any atom is 0.408 e. The van der Waals surface area contributed by atoms with Crippen LogP contribution in [0.3, 0.4) is 0 Å². The molecule has 2 rings (SSSR count). The molecule has 0 aliphatic heterocycles. The van der Waals surface area contributed by atoms with Gasteiger partial charge in [-0.3, -0.25) is 0 Å². The third-order valence-electron chi connectivity index (χ3n) is 2.95. The fraction of sp³-hybridized carbons (Fsp3) is 0.118. The molecule has 108 valence electrons. The molecule has 3 nitrogen and oxygen atoms in total. The molecule has 0 heterocycles. The Morgan fingerprint density at radius 3 is 2.48 bits per heavy atom. The second-order valence-electron chi connectivity index (χ2n) is 4.47. The lowest BCUT2D eigenvalue weighted by Gasteiger charge is -2.15. The van der Waals surface area contributed by atoms with E-state index in [1.165, 1.54) is 12.1 Å². The Balaban J connectivity index is 1.91. The number of ether oxygens (including phenoxy) is 1. The number of alkyl carbamates (subject to hydrolysis) is 1. The van der Waals surface area contributed by atoms with Gasteiger partial charge in [-0.25, -0.2) is 9.18 Å². The van der Waals surface area contributed by atoms with Gasteiger partial charge in [0.25, 0.3) is 0 Å². The summed E-state index contributed by atoms with van der Waals surface area (Å²) in [6, 6.07) is 14.8. The van der Waals surface area contributed by atoms with Gasteiger partial charge in [0, 0.05) is 0 Å². The highest BCUT2D eigenvalue weighted by molar-refractivity contribution is 5.68. The van der Waals surface area contributed by atoms with Crippen LogP contribution in [0.25, 0.3) is 0 Å². The Morgan fingerprint density at radius 1 is 1.19 bits per heavy atom. The quantitative estimate of drug-likeness (QED) is 0.844. The summed E-state index contributed by atoms with van der Waals surface area (Å²) in [6.07, 6.45) is 1.02. The van der Waals surface area contributed by atoms with Gasteiger partial charge in [0.05, 0.1) is 6.04 Å². The Labute approximate surface area is 123 Å². The minimum absolute atomic E-state index is 0.194. The summed E-state index contributed by atoms with van der Waals surface area (Å²) in [7, 11) is 0. The maximum atomic E-state index is 12.9. The van der Waals surface area contributed by atoms with Crippen LogP contribution in [0.15, 0.2) is 67.3 Å². The molecule has 0 bridgehead atoms. The normalized spacial score (nSPS) is 11.5. The topological polar surface area (TPSA) is 38.3 Å². The summed E-state index contributed by atoms with van der Waals surface area (Å²) >= 11 is 0. The van der Waals surface area contributed by atoms with Crippen molar-refractivity contribution in [1.82, 2.24) is 5.32 Å². The van der Waals surface area contributed by atoms with Crippen molar-refractivity contribution in [2.75, 3.05) is 0 Å². The second kappa shape index (κ2) is 7.24. The van der Waals surface area contributed by atoms with Crippen molar-refractivity contribution in [1.29, 1.82) is 0 Å². The Morgan fingerprint density at radius 2 is 1.86 bits per heavy atom. The zero-order valence-corrected chi connectivity index (χ0v) is 11.5. The Bertz CT molecular complexity index is 596. The molecule has 0 aromatic heterocycles. The number of carbonyl (C=O) groups is 1. The first-order valence-corrected chi connectivity index (χ1v) is 6.54. The summed E-state index contributed by atoms with van der Waals surface area (Å²) in [5.74, 6) is -0.326. The molecular formula is C17H16FNO2. The van der Waals surface area contributed by atoms with Crippen LogP contribution in [0.4, 0.5) is 9.18 Å². The average Bonchev–Trinajstić information content (AvgIpc) is 2.52. The van der Waals surface area contributed by atoms with Gasteiger partial charge in [0.2, 0.25) is 0 Å². The maximum absolute atomic E-state index is 12.9. The monoisotopic (exact) mass is 285 g/mol. The lowest BCUT2D eigenvalue weighted by atomic mass is 10.1. The van der Waals surface area contributed by atoms with Gasteiger partial charge >= 0.3 is 6.09 Å². The van der Waals surface area contributed by atoms with Gasteiger partial charge in [0.1, 0.15) is 12.4 Å². The molecule has 0 aliphatic carbocycles. The number of halogens is 1. The van der Waals surface area contributed by atoms with Crippen LogP contribution >= 0.6 is 0 Å². The highest BCUT2D eigenvalue weighted by atomic mass is 19.1. The second-order valence-corrected chi connectivity index (χ2v) is 4.47. The summed E-state index contributed by atoms with van der Waals surface area (Å²) in [5.41, 5.74) is 1.65. The molecular weight excluding hydrogens is 269 g/mol. The predicted octanol–water partition coefficient (Wildman–Crippen LogP) is 3.98. The summed E-state index contributed by atoms with van der Waals surface area (Å²) in [5, 5.41) is 2.67. The fourth-order valence-corrected chi connectivity index (χ4v) is 1.84. The molecule has 0 saturated carbocycles. The van der Waals surface area contributed by atoms with Crippen LogP contribution in [-0.2, 0) is 11.3 Å². The number of hydrogen-bond acceptors (Lipinski definition) is 2. The van der Waals surface area contributed by atoms with Crippen molar-refractivity contribution in [2.45, 2.75) is 12.6 Å². The van der Waals surface area contributed by atoms with Gasteiger partial charge in [-0.1, -0.05) is 48.5 Å². The van der Waals surface area contributed by atoms with Crippen molar-refractivity contribution < 1.29 is 13.9 Å². The molecule has 4 heteroatoms. The Hall–Kier alpha value is -2.62. The Kier molecular flexibility index (Phi) is 5.10. The number of rotatable bonds is 5.